The molecule has 1 fully saturated rings. The molecule has 0 aliphatic heterocycles. The summed E-state index contributed by atoms with van der Waals surface area (Å²) in [6.45, 7) is 6.19. The Bertz CT molecular complexity index is 220. The summed E-state index contributed by atoms with van der Waals surface area (Å²) in [6.07, 6.45) is 22.4. The monoisotopic (exact) mass is 248 g/mol. The minimum Gasteiger partial charge on any atom is -0.103 e. The SMILES string of the molecule is C=CCC(/C=C\C1CCCCC1)CCCCCC. The van der Waals surface area contributed by atoms with Crippen molar-refractivity contribution in [3.63, 3.8) is 0 Å². The first-order valence-corrected chi connectivity index (χ1v) is 8.16. The largest absolute Gasteiger partial charge is 0.103 e. The van der Waals surface area contributed by atoms with Gasteiger partial charge in [-0.05, 0) is 37.5 Å². The van der Waals surface area contributed by atoms with Gasteiger partial charge in [-0.1, -0.05) is 70.1 Å². The molecule has 0 spiro atoms. The summed E-state index contributed by atoms with van der Waals surface area (Å²) in [5, 5.41) is 0. The molecule has 0 radical (unpaired) electrons. The lowest BCUT2D eigenvalue weighted by atomic mass is 9.87. The second kappa shape index (κ2) is 10.4. The van der Waals surface area contributed by atoms with E-state index in [2.05, 4.69) is 31.7 Å². The second-order valence-corrected chi connectivity index (χ2v) is 5.92. The third-order valence-electron chi connectivity index (χ3n) is 4.20. The van der Waals surface area contributed by atoms with Crippen LogP contribution in [0.4, 0.5) is 0 Å². The molecule has 0 heteroatoms. The highest BCUT2D eigenvalue weighted by atomic mass is 14.2. The van der Waals surface area contributed by atoms with Gasteiger partial charge in [0.05, 0.1) is 0 Å². The van der Waals surface area contributed by atoms with Gasteiger partial charge in [-0.15, -0.1) is 6.58 Å². The zero-order valence-electron chi connectivity index (χ0n) is 12.4. The fourth-order valence-electron chi connectivity index (χ4n) is 2.98. The first-order chi connectivity index (χ1) is 8.86. The maximum absolute atomic E-state index is 3.91. The van der Waals surface area contributed by atoms with E-state index in [0.29, 0.717) is 0 Å². The predicted molar refractivity (Wildman–Crippen MR) is 82.8 cm³/mol. The van der Waals surface area contributed by atoms with Gasteiger partial charge in [-0.3, -0.25) is 0 Å². The Morgan fingerprint density at radius 3 is 2.56 bits per heavy atom. The molecule has 0 aromatic rings. The Morgan fingerprint density at radius 1 is 1.11 bits per heavy atom. The average molecular weight is 248 g/mol. The highest BCUT2D eigenvalue weighted by Gasteiger charge is 2.10. The first kappa shape index (κ1) is 15.5. The summed E-state index contributed by atoms with van der Waals surface area (Å²) in [4.78, 5) is 0. The molecule has 1 atom stereocenters. The van der Waals surface area contributed by atoms with Crippen LogP contribution in [0, 0.1) is 11.8 Å². The Labute approximate surface area is 115 Å². The first-order valence-electron chi connectivity index (χ1n) is 8.16. The van der Waals surface area contributed by atoms with E-state index in [-0.39, 0.29) is 0 Å². The number of hydrogen-bond donors (Lipinski definition) is 0. The zero-order chi connectivity index (χ0) is 13.1. The molecule has 104 valence electrons. The topological polar surface area (TPSA) is 0 Å². The predicted octanol–water partition coefficient (Wildman–Crippen LogP) is 6.29. The number of hydrogen-bond acceptors (Lipinski definition) is 0. The molecular formula is C18H32. The summed E-state index contributed by atoms with van der Waals surface area (Å²) in [5.41, 5.74) is 0. The molecule has 18 heavy (non-hydrogen) atoms. The highest BCUT2D eigenvalue weighted by Crippen LogP contribution is 2.26. The van der Waals surface area contributed by atoms with Crippen LogP contribution in [-0.2, 0) is 0 Å². The van der Waals surface area contributed by atoms with Gasteiger partial charge in [0.1, 0.15) is 0 Å². The smallest absolute Gasteiger partial charge is 0.0199 e. The van der Waals surface area contributed by atoms with Gasteiger partial charge in [0.15, 0.2) is 0 Å². The van der Waals surface area contributed by atoms with Crippen molar-refractivity contribution in [3.05, 3.63) is 24.8 Å². The third kappa shape index (κ3) is 7.03. The zero-order valence-corrected chi connectivity index (χ0v) is 12.4. The molecule has 1 aliphatic rings. The van der Waals surface area contributed by atoms with Crippen LogP contribution in [0.5, 0.6) is 0 Å². The minimum atomic E-state index is 0.751. The summed E-state index contributed by atoms with van der Waals surface area (Å²) in [5.74, 6) is 1.63. The maximum Gasteiger partial charge on any atom is -0.0199 e. The van der Waals surface area contributed by atoms with Crippen LogP contribution in [0.25, 0.3) is 0 Å². The van der Waals surface area contributed by atoms with Crippen molar-refractivity contribution >= 4 is 0 Å². The quantitative estimate of drug-likeness (QED) is 0.332. The Hall–Kier alpha value is -0.520. The van der Waals surface area contributed by atoms with Crippen LogP contribution in [0.1, 0.15) is 77.6 Å². The average Bonchev–Trinajstić information content (AvgIpc) is 2.42. The van der Waals surface area contributed by atoms with E-state index in [1.54, 1.807) is 0 Å². The molecule has 0 nitrogen and oxygen atoms in total. The minimum absolute atomic E-state index is 0.751. The van der Waals surface area contributed by atoms with Gasteiger partial charge < -0.3 is 0 Å². The maximum atomic E-state index is 3.91. The van der Waals surface area contributed by atoms with Crippen LogP contribution >= 0.6 is 0 Å². The molecule has 1 aliphatic carbocycles. The van der Waals surface area contributed by atoms with Gasteiger partial charge in [0.2, 0.25) is 0 Å². The standard InChI is InChI=1S/C18H32/c1-3-5-6-8-12-17(11-4-2)15-16-18-13-9-7-10-14-18/h4,15-18H,2-3,5-14H2,1H3/b16-15-. The van der Waals surface area contributed by atoms with Crippen LogP contribution in [-0.4, -0.2) is 0 Å². The molecule has 1 saturated carbocycles. The Morgan fingerprint density at radius 2 is 1.89 bits per heavy atom. The van der Waals surface area contributed by atoms with E-state index in [9.17, 15) is 0 Å². The molecule has 1 unspecified atom stereocenters. The van der Waals surface area contributed by atoms with Crippen molar-refractivity contribution in [1.82, 2.24) is 0 Å². The van der Waals surface area contributed by atoms with Crippen molar-refractivity contribution in [3.8, 4) is 0 Å². The normalized spacial score (nSPS) is 19.2. The Kier molecular flexibility index (Phi) is 8.98. The summed E-state index contributed by atoms with van der Waals surface area (Å²) >= 11 is 0. The second-order valence-electron chi connectivity index (χ2n) is 5.92. The number of unbranched alkanes of at least 4 members (excludes halogenated alkanes) is 3. The van der Waals surface area contributed by atoms with E-state index >= 15 is 0 Å². The van der Waals surface area contributed by atoms with Crippen LogP contribution in [0.2, 0.25) is 0 Å². The fourth-order valence-corrected chi connectivity index (χ4v) is 2.98. The van der Waals surface area contributed by atoms with Gasteiger partial charge in [0, 0.05) is 0 Å². The van der Waals surface area contributed by atoms with Crippen LogP contribution in [0.3, 0.4) is 0 Å². The van der Waals surface area contributed by atoms with Crippen molar-refractivity contribution in [1.29, 1.82) is 0 Å². The van der Waals surface area contributed by atoms with Gasteiger partial charge in [-0.25, -0.2) is 0 Å². The molecule has 0 saturated heterocycles. The van der Waals surface area contributed by atoms with Gasteiger partial charge >= 0.3 is 0 Å². The number of allylic oxidation sites excluding steroid dienone is 3. The van der Waals surface area contributed by atoms with Gasteiger partial charge in [0.25, 0.3) is 0 Å². The van der Waals surface area contributed by atoms with Crippen LogP contribution in [0.15, 0.2) is 24.8 Å². The third-order valence-corrected chi connectivity index (χ3v) is 4.20. The molecule has 0 amide bonds. The van der Waals surface area contributed by atoms with E-state index < -0.39 is 0 Å². The van der Waals surface area contributed by atoms with Crippen molar-refractivity contribution in [2.24, 2.45) is 11.8 Å². The summed E-state index contributed by atoms with van der Waals surface area (Å²) in [7, 11) is 0. The van der Waals surface area contributed by atoms with E-state index in [1.165, 1.54) is 64.2 Å². The highest BCUT2D eigenvalue weighted by molar-refractivity contribution is 4.95. The van der Waals surface area contributed by atoms with E-state index in [1.807, 2.05) is 0 Å². The summed E-state index contributed by atoms with van der Waals surface area (Å²) in [6, 6.07) is 0. The lowest BCUT2D eigenvalue weighted by Crippen LogP contribution is -2.04. The number of rotatable bonds is 9. The lowest BCUT2D eigenvalue weighted by molar-refractivity contribution is 0.416. The molecule has 0 aromatic carbocycles. The van der Waals surface area contributed by atoms with Crippen LogP contribution < -0.4 is 0 Å². The fraction of sp³-hybridized carbons (Fsp3) is 0.778. The molecule has 0 aromatic heterocycles. The van der Waals surface area contributed by atoms with Crippen molar-refractivity contribution < 1.29 is 0 Å². The van der Waals surface area contributed by atoms with Crippen molar-refractivity contribution in [2.45, 2.75) is 77.6 Å². The van der Waals surface area contributed by atoms with Crippen molar-refractivity contribution in [2.75, 3.05) is 0 Å². The molecule has 0 heterocycles. The summed E-state index contributed by atoms with van der Waals surface area (Å²) < 4.78 is 0. The molecule has 1 rings (SSSR count). The Balaban J connectivity index is 2.26. The molecule has 0 N–H and O–H groups in total. The molecule has 0 bridgehead atoms. The lowest BCUT2D eigenvalue weighted by Gasteiger charge is -2.19. The van der Waals surface area contributed by atoms with Gasteiger partial charge in [-0.2, -0.15) is 0 Å². The van der Waals surface area contributed by atoms with E-state index in [4.69, 9.17) is 0 Å². The molecular weight excluding hydrogens is 216 g/mol. The van der Waals surface area contributed by atoms with E-state index in [0.717, 1.165) is 18.3 Å².